The molecule has 1 aromatic heterocycles. The van der Waals surface area contributed by atoms with E-state index >= 15 is 0 Å². The molecule has 0 radical (unpaired) electrons. The van der Waals surface area contributed by atoms with Gasteiger partial charge in [0.05, 0.1) is 5.69 Å². The van der Waals surface area contributed by atoms with E-state index in [0.29, 0.717) is 22.3 Å². The number of carbonyl (C=O) groups excluding carboxylic acids is 1. The van der Waals surface area contributed by atoms with Gasteiger partial charge in [0.2, 0.25) is 0 Å². The van der Waals surface area contributed by atoms with E-state index in [0.717, 1.165) is 4.68 Å². The molecule has 0 bridgehead atoms. The predicted octanol–water partition coefficient (Wildman–Crippen LogP) is 5.21. The predicted molar refractivity (Wildman–Crippen MR) is 109 cm³/mol. The number of aromatic nitrogens is 2. The number of hydrogen-bond acceptors (Lipinski definition) is 3. The first-order chi connectivity index (χ1) is 14.6. The molecule has 0 aliphatic heterocycles. The minimum Gasteiger partial charge on any atom is -0.481 e. The van der Waals surface area contributed by atoms with Crippen molar-refractivity contribution in [3.63, 3.8) is 0 Å². The van der Waals surface area contributed by atoms with Crippen LogP contribution >= 0.6 is 11.6 Å². The van der Waals surface area contributed by atoms with Crippen molar-refractivity contribution in [2.75, 3.05) is 10.6 Å². The zero-order valence-electron chi connectivity index (χ0n) is 15.8. The average molecular weight is 453 g/mol. The number of amides is 2. The molecule has 7 nitrogen and oxygen atoms in total. The lowest BCUT2D eigenvalue weighted by Crippen LogP contribution is -2.21. The quantitative estimate of drug-likeness (QED) is 0.478. The van der Waals surface area contributed by atoms with E-state index in [1.807, 2.05) is 0 Å². The van der Waals surface area contributed by atoms with Gasteiger partial charge in [-0.2, -0.15) is 18.3 Å². The number of hydrogen-bond donors (Lipinski definition) is 3. The number of nitrogens with zero attached hydrogens (tertiary/aromatic N) is 2. The van der Waals surface area contributed by atoms with Crippen LogP contribution in [0.2, 0.25) is 5.02 Å². The van der Waals surface area contributed by atoms with E-state index in [1.165, 1.54) is 24.3 Å². The number of urea groups is 1. The number of aliphatic carboxylic acids is 1. The molecule has 0 fully saturated rings. The standard InChI is InChI=1S/C20H16ClF3N4O3/c21-13-5-7-14(8-6-13)25-19(31)26-17-11-16(20(22,23)24)27-28(17)15-3-1-2-12(10-15)4-9-18(29)30/h1-3,5-8,10-11H,4,9H2,(H,29,30)(H2,25,26,31). The molecule has 0 saturated carbocycles. The van der Waals surface area contributed by atoms with E-state index in [2.05, 4.69) is 15.7 Å². The van der Waals surface area contributed by atoms with Crippen molar-refractivity contribution in [1.29, 1.82) is 0 Å². The van der Waals surface area contributed by atoms with Gasteiger partial charge in [-0.25, -0.2) is 9.48 Å². The van der Waals surface area contributed by atoms with E-state index < -0.39 is 23.9 Å². The zero-order chi connectivity index (χ0) is 22.6. The van der Waals surface area contributed by atoms with Crippen LogP contribution in [-0.2, 0) is 17.4 Å². The summed E-state index contributed by atoms with van der Waals surface area (Å²) in [5, 5.41) is 17.7. The lowest BCUT2D eigenvalue weighted by molar-refractivity contribution is -0.141. The molecule has 3 aromatic rings. The van der Waals surface area contributed by atoms with Gasteiger partial charge in [-0.1, -0.05) is 23.7 Å². The second kappa shape index (κ2) is 9.09. The number of rotatable bonds is 6. The Bertz CT molecular complexity index is 1100. The Balaban J connectivity index is 1.88. The molecule has 2 amide bonds. The van der Waals surface area contributed by atoms with Crippen LogP contribution in [-0.4, -0.2) is 26.9 Å². The van der Waals surface area contributed by atoms with Gasteiger partial charge in [0, 0.05) is 23.2 Å². The summed E-state index contributed by atoms with van der Waals surface area (Å²) in [6.07, 6.45) is -4.67. The number of nitrogens with one attached hydrogen (secondary N) is 2. The van der Waals surface area contributed by atoms with Crippen LogP contribution in [0.25, 0.3) is 5.69 Å². The van der Waals surface area contributed by atoms with Crippen LogP contribution in [0.5, 0.6) is 0 Å². The summed E-state index contributed by atoms with van der Waals surface area (Å²) in [6.45, 7) is 0. The normalized spacial score (nSPS) is 11.2. The van der Waals surface area contributed by atoms with Crippen molar-refractivity contribution < 1.29 is 27.9 Å². The fourth-order valence-corrected chi connectivity index (χ4v) is 2.84. The molecule has 0 aliphatic rings. The van der Waals surface area contributed by atoms with Gasteiger partial charge >= 0.3 is 18.2 Å². The summed E-state index contributed by atoms with van der Waals surface area (Å²) < 4.78 is 40.6. The Morgan fingerprint density at radius 3 is 2.42 bits per heavy atom. The summed E-state index contributed by atoms with van der Waals surface area (Å²) >= 11 is 5.79. The molecule has 0 aliphatic carbocycles. The van der Waals surface area contributed by atoms with E-state index in [1.54, 1.807) is 24.3 Å². The minimum absolute atomic E-state index is 0.134. The number of benzene rings is 2. The van der Waals surface area contributed by atoms with Gasteiger partial charge in [-0.3, -0.25) is 10.1 Å². The highest BCUT2D eigenvalue weighted by atomic mass is 35.5. The maximum Gasteiger partial charge on any atom is 0.435 e. The lowest BCUT2D eigenvalue weighted by atomic mass is 10.1. The van der Waals surface area contributed by atoms with Crippen LogP contribution < -0.4 is 10.6 Å². The third-order valence-corrected chi connectivity index (χ3v) is 4.38. The molecule has 31 heavy (non-hydrogen) atoms. The molecule has 2 aromatic carbocycles. The van der Waals surface area contributed by atoms with Gasteiger partial charge in [-0.05, 0) is 48.4 Å². The second-order valence-corrected chi connectivity index (χ2v) is 6.91. The molecule has 11 heteroatoms. The fourth-order valence-electron chi connectivity index (χ4n) is 2.71. The Morgan fingerprint density at radius 1 is 1.06 bits per heavy atom. The second-order valence-electron chi connectivity index (χ2n) is 6.47. The number of anilines is 2. The van der Waals surface area contributed by atoms with Crippen molar-refractivity contribution in [3.8, 4) is 5.69 Å². The van der Waals surface area contributed by atoms with Gasteiger partial charge in [-0.15, -0.1) is 0 Å². The molecule has 0 atom stereocenters. The summed E-state index contributed by atoms with van der Waals surface area (Å²) in [5.74, 6) is -1.21. The van der Waals surface area contributed by atoms with Crippen LogP contribution in [0.3, 0.4) is 0 Å². The van der Waals surface area contributed by atoms with E-state index in [9.17, 15) is 22.8 Å². The first kappa shape index (κ1) is 22.2. The smallest absolute Gasteiger partial charge is 0.435 e. The van der Waals surface area contributed by atoms with Crippen LogP contribution in [0, 0.1) is 0 Å². The first-order valence-corrected chi connectivity index (χ1v) is 9.31. The summed E-state index contributed by atoms with van der Waals surface area (Å²) in [5.41, 5.74) is 0.0330. The van der Waals surface area contributed by atoms with Crippen molar-refractivity contribution >= 4 is 35.1 Å². The highest BCUT2D eigenvalue weighted by Gasteiger charge is 2.35. The molecule has 0 saturated heterocycles. The number of carboxylic acids is 1. The van der Waals surface area contributed by atoms with Crippen LogP contribution in [0.15, 0.2) is 54.6 Å². The highest BCUT2D eigenvalue weighted by molar-refractivity contribution is 6.30. The molecule has 0 spiro atoms. The highest BCUT2D eigenvalue weighted by Crippen LogP contribution is 2.31. The lowest BCUT2D eigenvalue weighted by Gasteiger charge is -2.11. The maximum atomic E-state index is 13.2. The first-order valence-electron chi connectivity index (χ1n) is 8.94. The Morgan fingerprint density at radius 2 is 1.77 bits per heavy atom. The number of aryl methyl sites for hydroxylation is 1. The van der Waals surface area contributed by atoms with Gasteiger partial charge in [0.15, 0.2) is 5.69 Å². The third-order valence-electron chi connectivity index (χ3n) is 4.13. The maximum absolute atomic E-state index is 13.2. The van der Waals surface area contributed by atoms with E-state index in [4.69, 9.17) is 16.7 Å². The Labute approximate surface area is 179 Å². The van der Waals surface area contributed by atoms with Crippen molar-refractivity contribution in [1.82, 2.24) is 9.78 Å². The van der Waals surface area contributed by atoms with Crippen LogP contribution in [0.4, 0.5) is 29.5 Å². The van der Waals surface area contributed by atoms with Crippen molar-refractivity contribution in [3.05, 3.63) is 70.9 Å². The number of carbonyl (C=O) groups is 2. The largest absolute Gasteiger partial charge is 0.481 e. The molecule has 1 heterocycles. The molecule has 0 unspecified atom stereocenters. The van der Waals surface area contributed by atoms with Gasteiger partial charge in [0.1, 0.15) is 5.82 Å². The van der Waals surface area contributed by atoms with Gasteiger partial charge in [0.25, 0.3) is 0 Å². The fraction of sp³-hybridized carbons (Fsp3) is 0.150. The number of halogens is 4. The Hall–Kier alpha value is -3.53. The Kier molecular flexibility index (Phi) is 6.50. The SMILES string of the molecule is O=C(O)CCc1cccc(-n2nc(C(F)(F)F)cc2NC(=O)Nc2ccc(Cl)cc2)c1. The average Bonchev–Trinajstić information content (AvgIpc) is 3.12. The summed E-state index contributed by atoms with van der Waals surface area (Å²) in [6, 6.07) is 12.3. The molecule has 3 N–H and O–H groups in total. The zero-order valence-corrected chi connectivity index (χ0v) is 16.5. The van der Waals surface area contributed by atoms with Crippen molar-refractivity contribution in [2.24, 2.45) is 0 Å². The monoisotopic (exact) mass is 452 g/mol. The van der Waals surface area contributed by atoms with Crippen LogP contribution in [0.1, 0.15) is 17.7 Å². The summed E-state index contributed by atoms with van der Waals surface area (Å²) in [7, 11) is 0. The number of alkyl halides is 3. The number of carboxylic acid groups (broad SMARTS) is 1. The molecular formula is C20H16ClF3N4O3. The minimum atomic E-state index is -4.73. The van der Waals surface area contributed by atoms with E-state index in [-0.39, 0.29) is 24.3 Å². The molecule has 3 rings (SSSR count). The third kappa shape index (κ3) is 5.98. The van der Waals surface area contributed by atoms with Gasteiger partial charge < -0.3 is 10.4 Å². The molecule has 162 valence electrons. The summed E-state index contributed by atoms with van der Waals surface area (Å²) in [4.78, 5) is 23.1. The van der Waals surface area contributed by atoms with Crippen molar-refractivity contribution in [2.45, 2.75) is 19.0 Å². The topological polar surface area (TPSA) is 96.2 Å². The molecular weight excluding hydrogens is 437 g/mol.